The van der Waals surface area contributed by atoms with E-state index in [1.54, 1.807) is 60.7 Å². The van der Waals surface area contributed by atoms with Gasteiger partial charge in [0.05, 0.1) is 10.7 Å². The number of hydrogen-bond acceptors (Lipinski definition) is 6. The molecule has 1 amide bonds. The van der Waals surface area contributed by atoms with Gasteiger partial charge in [0.25, 0.3) is 0 Å². The van der Waals surface area contributed by atoms with Gasteiger partial charge in [0.1, 0.15) is 17.2 Å². The number of hydrogen-bond donors (Lipinski definition) is 1. The average Bonchev–Trinajstić information content (AvgIpc) is 3.40. The van der Waals surface area contributed by atoms with Crippen molar-refractivity contribution >= 4 is 75.0 Å². The fourth-order valence-electron chi connectivity index (χ4n) is 4.34. The summed E-state index contributed by atoms with van der Waals surface area (Å²) in [6.07, 6.45) is -0.0373. The smallest absolute Gasteiger partial charge is 0.248 e. The third kappa shape index (κ3) is 4.46. The van der Waals surface area contributed by atoms with Crippen molar-refractivity contribution in [1.82, 2.24) is 9.29 Å². The van der Waals surface area contributed by atoms with Crippen LogP contribution in [-0.4, -0.2) is 21.0 Å². The Labute approximate surface area is 235 Å². The number of piperidine rings is 1. The molecule has 1 aliphatic heterocycles. The maximum absolute atomic E-state index is 13.7. The molecule has 0 aliphatic carbocycles. The largest absolute Gasteiger partial charge is 0.437 e. The van der Waals surface area contributed by atoms with Gasteiger partial charge < -0.3 is 4.74 Å². The lowest BCUT2D eigenvalue weighted by Crippen LogP contribution is -2.54. The fourth-order valence-corrected chi connectivity index (χ4v) is 6.42. The predicted octanol–water partition coefficient (Wildman–Crippen LogP) is 7.68. The zero-order chi connectivity index (χ0) is 25.4. The molecular formula is C26H17BrCl2N2O3S2. The average molecular weight is 620 g/mol. The molecule has 2 aromatic heterocycles. The Morgan fingerprint density at radius 2 is 1.86 bits per heavy atom. The van der Waals surface area contributed by atoms with E-state index in [9.17, 15) is 9.59 Å². The second-order valence-corrected chi connectivity index (χ2v) is 11.1. The zero-order valence-electron chi connectivity index (χ0n) is 18.4. The molecule has 3 heterocycles. The van der Waals surface area contributed by atoms with E-state index in [2.05, 4.69) is 28.7 Å². The quantitative estimate of drug-likeness (QED) is 0.184. The molecule has 10 heteroatoms. The van der Waals surface area contributed by atoms with Crippen molar-refractivity contribution in [3.8, 4) is 11.6 Å². The van der Waals surface area contributed by atoms with Gasteiger partial charge in [0, 0.05) is 22.0 Å². The van der Waals surface area contributed by atoms with Crippen LogP contribution in [0.15, 0.2) is 82.0 Å². The Balaban J connectivity index is 1.59. The molecule has 1 saturated heterocycles. The molecule has 0 spiro atoms. The molecule has 36 heavy (non-hydrogen) atoms. The first-order valence-corrected chi connectivity index (χ1v) is 13.6. The number of thiophene rings is 1. The van der Waals surface area contributed by atoms with E-state index in [-0.39, 0.29) is 18.1 Å². The van der Waals surface area contributed by atoms with Crippen LogP contribution >= 0.6 is 63.3 Å². The van der Waals surface area contributed by atoms with E-state index < -0.39 is 17.4 Å². The normalized spacial score (nSPS) is 20.0. The highest BCUT2D eigenvalue weighted by molar-refractivity contribution is 9.10. The van der Waals surface area contributed by atoms with Gasteiger partial charge in [-0.05, 0) is 58.3 Å². The fraction of sp³-hybridized carbons (Fsp3) is 0.115. The number of aromatic nitrogens is 1. The van der Waals surface area contributed by atoms with E-state index in [4.69, 9.17) is 32.9 Å². The summed E-state index contributed by atoms with van der Waals surface area (Å²) in [6, 6.07) is 19.2. The molecule has 2 aromatic carbocycles. The summed E-state index contributed by atoms with van der Waals surface area (Å²) in [5, 5.41) is 4.54. The molecule has 4 aromatic rings. The number of ether oxygens (including phenoxy) is 1. The van der Waals surface area contributed by atoms with Crippen molar-refractivity contribution in [2.75, 3.05) is 0 Å². The molecule has 182 valence electrons. The van der Waals surface area contributed by atoms with Gasteiger partial charge >= 0.3 is 0 Å². The predicted molar refractivity (Wildman–Crippen MR) is 148 cm³/mol. The highest BCUT2D eigenvalue weighted by Crippen LogP contribution is 2.48. The summed E-state index contributed by atoms with van der Waals surface area (Å²) in [7, 11) is 0. The Morgan fingerprint density at radius 3 is 2.58 bits per heavy atom. The van der Waals surface area contributed by atoms with E-state index in [0.717, 1.165) is 10.0 Å². The first kappa shape index (κ1) is 25.3. The molecule has 0 radical (unpaired) electrons. The molecule has 0 saturated carbocycles. The summed E-state index contributed by atoms with van der Waals surface area (Å²) in [5.74, 6) is -1.11. The van der Waals surface area contributed by atoms with Crippen molar-refractivity contribution < 1.29 is 14.3 Å². The minimum absolute atomic E-state index is 0.0373. The third-order valence-electron chi connectivity index (χ3n) is 6.04. The Bertz CT molecular complexity index is 1470. The van der Waals surface area contributed by atoms with Crippen LogP contribution < -0.4 is 4.74 Å². The molecular weight excluding hydrogens is 603 g/mol. The lowest BCUT2D eigenvalue weighted by Gasteiger charge is -2.45. The number of carbonyl (C=O) groups excluding carboxylic acids is 2. The van der Waals surface area contributed by atoms with E-state index in [0.29, 0.717) is 27.1 Å². The standard InChI is InChI=1S/C26H17BrCl2N2O3S2/c27-16-8-9-21(19(29)12-16)34-23-7-3-6-22(30-23)26(15-10-11-36-14-15)13-20(32)24(25(33)31(26)35)17-4-1-2-5-18(17)28/h1-12,14,24,35H,13H2. The number of Topliss-reactive ketones (excluding diaryl/α,β-unsaturated/α-hetero) is 1. The molecule has 5 rings (SSSR count). The number of benzene rings is 2. The lowest BCUT2D eigenvalue weighted by molar-refractivity contribution is -0.142. The first-order valence-electron chi connectivity index (χ1n) is 10.7. The summed E-state index contributed by atoms with van der Waals surface area (Å²) < 4.78 is 8.09. The van der Waals surface area contributed by atoms with Crippen LogP contribution in [0.5, 0.6) is 11.6 Å². The molecule has 1 aliphatic rings. The maximum Gasteiger partial charge on any atom is 0.248 e. The second-order valence-electron chi connectivity index (χ2n) is 8.16. The number of nitrogens with zero attached hydrogens (tertiary/aromatic N) is 2. The number of halogens is 3. The van der Waals surface area contributed by atoms with Crippen LogP contribution in [0, 0.1) is 0 Å². The minimum atomic E-state index is -1.24. The number of ketones is 1. The summed E-state index contributed by atoms with van der Waals surface area (Å²) >= 11 is 22.2. The minimum Gasteiger partial charge on any atom is -0.437 e. The van der Waals surface area contributed by atoms with Gasteiger partial charge in [-0.15, -0.1) is 0 Å². The number of rotatable bonds is 5. The molecule has 2 atom stereocenters. The van der Waals surface area contributed by atoms with Gasteiger partial charge in [-0.1, -0.05) is 76.2 Å². The highest BCUT2D eigenvalue weighted by atomic mass is 79.9. The van der Waals surface area contributed by atoms with E-state index in [1.807, 2.05) is 16.8 Å². The van der Waals surface area contributed by atoms with Gasteiger partial charge in [-0.2, -0.15) is 11.3 Å². The van der Waals surface area contributed by atoms with Crippen LogP contribution in [0.1, 0.15) is 29.2 Å². The summed E-state index contributed by atoms with van der Waals surface area (Å²) in [5.41, 5.74) is 0.397. The Morgan fingerprint density at radius 1 is 1.06 bits per heavy atom. The highest BCUT2D eigenvalue weighted by Gasteiger charge is 2.53. The first-order chi connectivity index (χ1) is 17.3. The summed E-state index contributed by atoms with van der Waals surface area (Å²) in [4.78, 5) is 32.0. The Hall–Kier alpha value is -2.36. The monoisotopic (exact) mass is 618 g/mol. The van der Waals surface area contributed by atoms with Gasteiger partial charge in [-0.3, -0.25) is 13.9 Å². The zero-order valence-corrected chi connectivity index (χ0v) is 23.2. The van der Waals surface area contributed by atoms with E-state index in [1.165, 1.54) is 15.6 Å². The van der Waals surface area contributed by atoms with Crippen molar-refractivity contribution in [3.05, 3.63) is 109 Å². The van der Waals surface area contributed by atoms with Crippen molar-refractivity contribution in [3.63, 3.8) is 0 Å². The number of pyridine rings is 1. The Kier molecular flexibility index (Phi) is 7.16. The van der Waals surface area contributed by atoms with Gasteiger partial charge in [0.2, 0.25) is 11.8 Å². The van der Waals surface area contributed by atoms with Crippen LogP contribution in [0.4, 0.5) is 0 Å². The van der Waals surface area contributed by atoms with Crippen LogP contribution in [-0.2, 0) is 15.1 Å². The number of amides is 1. The van der Waals surface area contributed by atoms with Crippen LogP contribution in [0.2, 0.25) is 10.0 Å². The molecule has 0 N–H and O–H groups in total. The third-order valence-corrected chi connectivity index (χ3v) is 8.39. The molecule has 0 bridgehead atoms. The van der Waals surface area contributed by atoms with Crippen molar-refractivity contribution in [2.24, 2.45) is 0 Å². The second kappa shape index (κ2) is 10.2. The SMILES string of the molecule is O=C1CC(c2ccsc2)(c2cccc(Oc3ccc(Br)cc3Cl)n2)N(S)C(=O)C1c1ccccc1Cl. The molecule has 2 unspecified atom stereocenters. The maximum atomic E-state index is 13.7. The van der Waals surface area contributed by atoms with Crippen molar-refractivity contribution in [1.29, 1.82) is 0 Å². The van der Waals surface area contributed by atoms with E-state index >= 15 is 0 Å². The molecule has 5 nitrogen and oxygen atoms in total. The summed E-state index contributed by atoms with van der Waals surface area (Å²) in [6.45, 7) is 0. The van der Waals surface area contributed by atoms with Crippen LogP contribution in [0.3, 0.4) is 0 Å². The van der Waals surface area contributed by atoms with Crippen molar-refractivity contribution in [2.45, 2.75) is 17.9 Å². The lowest BCUT2D eigenvalue weighted by atomic mass is 9.75. The topological polar surface area (TPSA) is 59.5 Å². The van der Waals surface area contributed by atoms with Gasteiger partial charge in [-0.25, -0.2) is 4.98 Å². The molecule has 1 fully saturated rings. The van der Waals surface area contributed by atoms with Crippen LogP contribution in [0.25, 0.3) is 0 Å². The number of carbonyl (C=O) groups is 2. The van der Waals surface area contributed by atoms with Gasteiger partial charge in [0.15, 0.2) is 5.78 Å². The number of thiol groups is 1.